The second-order valence-corrected chi connectivity index (χ2v) is 7.73. The SMILES string of the molecule is CCOc1ccc(CN2CCC(C(=O)NC3CCCC3)CC2)cc1.O=C(O)C(=O)O. The highest BCUT2D eigenvalue weighted by Crippen LogP contribution is 2.22. The predicted octanol–water partition coefficient (Wildman–Crippen LogP) is 2.51. The standard InChI is InChI=1S/C20H30N2O2.C2H2O4/c1-2-24-19-9-7-16(8-10-19)15-22-13-11-17(12-14-22)20(23)21-18-5-3-4-6-18;3-1(4)2(5)6/h7-10,17-18H,2-6,11-15H2,1H3,(H,21,23);(H,3,4)(H,5,6). The lowest BCUT2D eigenvalue weighted by Crippen LogP contribution is -2.42. The molecule has 1 aromatic rings. The first-order valence-corrected chi connectivity index (χ1v) is 10.6. The minimum absolute atomic E-state index is 0.210. The van der Waals surface area contributed by atoms with Crippen LogP contribution in [0, 0.1) is 5.92 Å². The van der Waals surface area contributed by atoms with Crippen molar-refractivity contribution in [2.24, 2.45) is 5.92 Å². The van der Waals surface area contributed by atoms with Crippen molar-refractivity contribution in [2.75, 3.05) is 19.7 Å². The summed E-state index contributed by atoms with van der Waals surface area (Å²) in [5, 5.41) is 18.0. The summed E-state index contributed by atoms with van der Waals surface area (Å²) in [6, 6.07) is 8.81. The molecule has 1 amide bonds. The summed E-state index contributed by atoms with van der Waals surface area (Å²) in [6.07, 6.45) is 6.84. The number of benzene rings is 1. The largest absolute Gasteiger partial charge is 0.494 e. The van der Waals surface area contributed by atoms with Gasteiger partial charge in [-0.25, -0.2) is 9.59 Å². The molecular weight excluding hydrogens is 388 g/mol. The van der Waals surface area contributed by atoms with Crippen LogP contribution in [-0.4, -0.2) is 58.7 Å². The van der Waals surface area contributed by atoms with Crippen LogP contribution in [0.5, 0.6) is 5.75 Å². The molecule has 2 fully saturated rings. The van der Waals surface area contributed by atoms with Crippen LogP contribution < -0.4 is 10.1 Å². The van der Waals surface area contributed by atoms with E-state index in [0.29, 0.717) is 18.6 Å². The number of nitrogens with zero attached hydrogens (tertiary/aromatic N) is 1. The minimum atomic E-state index is -1.82. The summed E-state index contributed by atoms with van der Waals surface area (Å²) < 4.78 is 5.49. The van der Waals surface area contributed by atoms with Gasteiger partial charge in [0, 0.05) is 18.5 Å². The quantitative estimate of drug-likeness (QED) is 0.606. The van der Waals surface area contributed by atoms with E-state index in [4.69, 9.17) is 24.5 Å². The summed E-state index contributed by atoms with van der Waals surface area (Å²) in [6.45, 7) is 5.69. The highest BCUT2D eigenvalue weighted by atomic mass is 16.5. The lowest BCUT2D eigenvalue weighted by atomic mass is 9.95. The molecule has 8 heteroatoms. The molecule has 1 saturated heterocycles. The van der Waals surface area contributed by atoms with E-state index in [1.165, 1.54) is 31.2 Å². The topological polar surface area (TPSA) is 116 Å². The van der Waals surface area contributed by atoms with E-state index >= 15 is 0 Å². The Morgan fingerprint density at radius 2 is 1.57 bits per heavy atom. The molecule has 0 unspecified atom stereocenters. The molecule has 0 radical (unpaired) electrons. The Morgan fingerprint density at radius 3 is 2.07 bits per heavy atom. The van der Waals surface area contributed by atoms with Crippen molar-refractivity contribution < 1.29 is 29.3 Å². The third-order valence-corrected chi connectivity index (χ3v) is 5.48. The first-order valence-electron chi connectivity index (χ1n) is 10.6. The third-order valence-electron chi connectivity index (χ3n) is 5.48. The molecule has 30 heavy (non-hydrogen) atoms. The molecule has 166 valence electrons. The van der Waals surface area contributed by atoms with Crippen LogP contribution >= 0.6 is 0 Å². The van der Waals surface area contributed by atoms with E-state index in [9.17, 15) is 4.79 Å². The molecular formula is C22H32N2O6. The van der Waals surface area contributed by atoms with Crippen molar-refractivity contribution in [1.82, 2.24) is 10.2 Å². The van der Waals surface area contributed by atoms with Gasteiger partial charge in [-0.05, 0) is 63.4 Å². The Morgan fingerprint density at radius 1 is 1.00 bits per heavy atom. The second kappa shape index (κ2) is 12.2. The number of rotatable bonds is 6. The molecule has 0 bridgehead atoms. The Hall–Kier alpha value is -2.61. The van der Waals surface area contributed by atoms with E-state index in [1.807, 2.05) is 19.1 Å². The van der Waals surface area contributed by atoms with Gasteiger partial charge in [-0.2, -0.15) is 0 Å². The number of carbonyl (C=O) groups excluding carboxylic acids is 1. The molecule has 1 aliphatic carbocycles. The van der Waals surface area contributed by atoms with Crippen LogP contribution in [0.15, 0.2) is 24.3 Å². The molecule has 3 N–H and O–H groups in total. The van der Waals surface area contributed by atoms with Gasteiger partial charge in [0.05, 0.1) is 6.61 Å². The summed E-state index contributed by atoms with van der Waals surface area (Å²) in [4.78, 5) is 33.0. The monoisotopic (exact) mass is 420 g/mol. The molecule has 0 spiro atoms. The van der Waals surface area contributed by atoms with Gasteiger partial charge in [0.1, 0.15) is 5.75 Å². The zero-order chi connectivity index (χ0) is 21.9. The smallest absolute Gasteiger partial charge is 0.414 e. The Labute approximate surface area is 177 Å². The third kappa shape index (κ3) is 8.02. The summed E-state index contributed by atoms with van der Waals surface area (Å²) in [5.41, 5.74) is 1.31. The van der Waals surface area contributed by atoms with Gasteiger partial charge in [0.2, 0.25) is 5.91 Å². The molecule has 1 saturated carbocycles. The van der Waals surface area contributed by atoms with E-state index in [-0.39, 0.29) is 5.92 Å². The summed E-state index contributed by atoms with van der Waals surface area (Å²) >= 11 is 0. The number of carboxylic acids is 2. The first-order chi connectivity index (χ1) is 14.4. The van der Waals surface area contributed by atoms with Crippen LogP contribution in [0.1, 0.15) is 51.0 Å². The van der Waals surface area contributed by atoms with E-state index in [2.05, 4.69) is 22.3 Å². The predicted molar refractivity (Wildman–Crippen MR) is 111 cm³/mol. The number of carbonyl (C=O) groups is 3. The van der Waals surface area contributed by atoms with Crippen LogP contribution in [0.4, 0.5) is 0 Å². The summed E-state index contributed by atoms with van der Waals surface area (Å²) in [7, 11) is 0. The van der Waals surface area contributed by atoms with Crippen LogP contribution in [0.3, 0.4) is 0 Å². The molecule has 1 heterocycles. The number of hydrogen-bond donors (Lipinski definition) is 3. The minimum Gasteiger partial charge on any atom is -0.494 e. The van der Waals surface area contributed by atoms with E-state index < -0.39 is 11.9 Å². The number of amides is 1. The molecule has 1 aromatic carbocycles. The molecule has 1 aliphatic heterocycles. The van der Waals surface area contributed by atoms with Gasteiger partial charge in [-0.15, -0.1) is 0 Å². The number of carboxylic acid groups (broad SMARTS) is 2. The average Bonchev–Trinajstić information content (AvgIpc) is 3.23. The highest BCUT2D eigenvalue weighted by molar-refractivity contribution is 6.27. The van der Waals surface area contributed by atoms with Gasteiger partial charge in [0.25, 0.3) is 0 Å². The number of likely N-dealkylation sites (tertiary alicyclic amines) is 1. The molecule has 0 atom stereocenters. The lowest BCUT2D eigenvalue weighted by Gasteiger charge is -2.31. The maximum Gasteiger partial charge on any atom is 0.414 e. The highest BCUT2D eigenvalue weighted by Gasteiger charge is 2.27. The van der Waals surface area contributed by atoms with Crippen molar-refractivity contribution in [1.29, 1.82) is 0 Å². The average molecular weight is 421 g/mol. The van der Waals surface area contributed by atoms with Gasteiger partial charge in [-0.1, -0.05) is 25.0 Å². The van der Waals surface area contributed by atoms with Crippen LogP contribution in [-0.2, 0) is 20.9 Å². The van der Waals surface area contributed by atoms with Crippen molar-refractivity contribution in [3.8, 4) is 5.75 Å². The fourth-order valence-corrected chi connectivity index (χ4v) is 3.86. The van der Waals surface area contributed by atoms with E-state index in [0.717, 1.165) is 38.2 Å². The second-order valence-electron chi connectivity index (χ2n) is 7.73. The van der Waals surface area contributed by atoms with Crippen molar-refractivity contribution in [2.45, 2.75) is 58.0 Å². The zero-order valence-electron chi connectivity index (χ0n) is 17.5. The van der Waals surface area contributed by atoms with Gasteiger partial charge in [-0.3, -0.25) is 9.69 Å². The fourth-order valence-electron chi connectivity index (χ4n) is 3.86. The van der Waals surface area contributed by atoms with Crippen molar-refractivity contribution in [3.63, 3.8) is 0 Å². The number of piperidine rings is 1. The number of aliphatic carboxylic acids is 2. The maximum absolute atomic E-state index is 12.4. The Bertz CT molecular complexity index is 680. The van der Waals surface area contributed by atoms with E-state index in [1.54, 1.807) is 0 Å². The van der Waals surface area contributed by atoms with Crippen LogP contribution in [0.25, 0.3) is 0 Å². The summed E-state index contributed by atoms with van der Waals surface area (Å²) in [5.74, 6) is -2.21. The van der Waals surface area contributed by atoms with Gasteiger partial charge < -0.3 is 20.3 Å². The lowest BCUT2D eigenvalue weighted by molar-refractivity contribution is -0.159. The number of nitrogens with one attached hydrogen (secondary N) is 1. The Kier molecular flexibility index (Phi) is 9.60. The van der Waals surface area contributed by atoms with Crippen LogP contribution in [0.2, 0.25) is 0 Å². The zero-order valence-corrected chi connectivity index (χ0v) is 17.5. The van der Waals surface area contributed by atoms with Gasteiger partial charge >= 0.3 is 11.9 Å². The fraction of sp³-hybridized carbons (Fsp3) is 0.591. The molecule has 2 aliphatic rings. The van der Waals surface area contributed by atoms with Gasteiger partial charge in [0.15, 0.2) is 0 Å². The number of hydrogen-bond acceptors (Lipinski definition) is 5. The molecule has 0 aromatic heterocycles. The molecule has 8 nitrogen and oxygen atoms in total. The molecule has 3 rings (SSSR count). The number of ether oxygens (including phenoxy) is 1. The Balaban J connectivity index is 0.000000469. The first kappa shape index (κ1) is 23.7. The van der Waals surface area contributed by atoms with Crippen molar-refractivity contribution in [3.05, 3.63) is 29.8 Å². The maximum atomic E-state index is 12.4. The normalized spacial score (nSPS) is 17.6. The van der Waals surface area contributed by atoms with Crippen molar-refractivity contribution >= 4 is 17.8 Å².